The van der Waals surface area contributed by atoms with Crippen molar-refractivity contribution in [3.63, 3.8) is 0 Å². The third kappa shape index (κ3) is 5.22. The molecule has 6 heteroatoms. The molecule has 2 N–H and O–H groups in total. The number of anilines is 3. The van der Waals surface area contributed by atoms with Gasteiger partial charge in [-0.15, -0.1) is 6.58 Å². The summed E-state index contributed by atoms with van der Waals surface area (Å²) < 4.78 is 5.78. The predicted octanol–water partition coefficient (Wildman–Crippen LogP) is 5.05. The summed E-state index contributed by atoms with van der Waals surface area (Å²) in [5, 5.41) is 7.09. The highest BCUT2D eigenvalue weighted by Gasteiger charge is 2.01. The van der Waals surface area contributed by atoms with E-state index < -0.39 is 0 Å². The first-order valence-corrected chi connectivity index (χ1v) is 8.52. The number of aromatic nitrogens is 2. The van der Waals surface area contributed by atoms with E-state index in [-0.39, 0.29) is 0 Å². The smallest absolute Gasteiger partial charge is 0.135 e. The van der Waals surface area contributed by atoms with Crippen LogP contribution >= 0.6 is 11.6 Å². The molecule has 0 aliphatic carbocycles. The molecule has 0 saturated heterocycles. The van der Waals surface area contributed by atoms with Gasteiger partial charge >= 0.3 is 0 Å². The van der Waals surface area contributed by atoms with E-state index in [1.54, 1.807) is 6.08 Å². The number of benzene rings is 2. The lowest BCUT2D eigenvalue weighted by Gasteiger charge is -2.10. The van der Waals surface area contributed by atoms with E-state index in [0.29, 0.717) is 19.0 Å². The van der Waals surface area contributed by atoms with Gasteiger partial charge in [-0.3, -0.25) is 0 Å². The SMILES string of the molecule is C=CCNc1cc(Nc2ccc(OCc3ccc(Cl)cc3)cc2)ncn1. The second-order valence-corrected chi connectivity index (χ2v) is 5.96. The van der Waals surface area contributed by atoms with Crippen molar-refractivity contribution in [1.29, 1.82) is 0 Å². The predicted molar refractivity (Wildman–Crippen MR) is 106 cm³/mol. The number of hydrogen-bond donors (Lipinski definition) is 2. The maximum absolute atomic E-state index is 5.88. The number of rotatable bonds is 8. The van der Waals surface area contributed by atoms with Gasteiger partial charge in [0.25, 0.3) is 0 Å². The van der Waals surface area contributed by atoms with Gasteiger partial charge in [-0.2, -0.15) is 0 Å². The van der Waals surface area contributed by atoms with E-state index in [2.05, 4.69) is 27.2 Å². The second-order valence-electron chi connectivity index (χ2n) is 5.52. The Labute approximate surface area is 157 Å². The molecule has 0 aliphatic rings. The van der Waals surface area contributed by atoms with Gasteiger partial charge in [-0.05, 0) is 42.0 Å². The number of nitrogens with one attached hydrogen (secondary N) is 2. The summed E-state index contributed by atoms with van der Waals surface area (Å²) in [5.74, 6) is 2.24. The zero-order valence-electron chi connectivity index (χ0n) is 14.2. The molecule has 3 rings (SSSR count). The monoisotopic (exact) mass is 366 g/mol. The molecule has 0 radical (unpaired) electrons. The summed E-state index contributed by atoms with van der Waals surface area (Å²) in [6, 6.07) is 17.2. The number of ether oxygens (including phenoxy) is 1. The van der Waals surface area contributed by atoms with E-state index in [0.717, 1.165) is 27.8 Å². The standard InChI is InChI=1S/C20H19ClN4O/c1-2-11-22-19-12-20(24-14-23-19)25-17-7-9-18(10-8-17)26-13-15-3-5-16(21)6-4-15/h2-10,12,14H,1,11,13H2,(H2,22,23,24,25). The molecule has 26 heavy (non-hydrogen) atoms. The van der Waals surface area contributed by atoms with Crippen LogP contribution in [0.5, 0.6) is 5.75 Å². The molecule has 5 nitrogen and oxygen atoms in total. The van der Waals surface area contributed by atoms with Crippen LogP contribution in [0.3, 0.4) is 0 Å². The molecule has 0 atom stereocenters. The molecule has 0 spiro atoms. The highest BCUT2D eigenvalue weighted by molar-refractivity contribution is 6.30. The van der Waals surface area contributed by atoms with Crippen molar-refractivity contribution in [2.75, 3.05) is 17.2 Å². The van der Waals surface area contributed by atoms with Gasteiger partial charge in [0.1, 0.15) is 30.3 Å². The van der Waals surface area contributed by atoms with Crippen molar-refractivity contribution < 1.29 is 4.74 Å². The number of nitrogens with zero attached hydrogens (tertiary/aromatic N) is 2. The maximum atomic E-state index is 5.88. The molecule has 0 saturated carbocycles. The van der Waals surface area contributed by atoms with Gasteiger partial charge in [0.15, 0.2) is 0 Å². The largest absolute Gasteiger partial charge is 0.489 e. The molecule has 3 aromatic rings. The Morgan fingerprint density at radius 1 is 1.00 bits per heavy atom. The summed E-state index contributed by atoms with van der Waals surface area (Å²) in [5.41, 5.74) is 1.98. The Morgan fingerprint density at radius 3 is 2.46 bits per heavy atom. The van der Waals surface area contributed by atoms with Crippen LogP contribution in [0, 0.1) is 0 Å². The molecule has 0 bridgehead atoms. The minimum Gasteiger partial charge on any atom is -0.489 e. The average Bonchev–Trinajstić information content (AvgIpc) is 2.67. The third-order valence-electron chi connectivity index (χ3n) is 3.54. The van der Waals surface area contributed by atoms with Crippen LogP contribution in [0.2, 0.25) is 5.02 Å². The topological polar surface area (TPSA) is 59.1 Å². The van der Waals surface area contributed by atoms with Crippen LogP contribution in [0.25, 0.3) is 0 Å². The third-order valence-corrected chi connectivity index (χ3v) is 3.79. The Bertz CT molecular complexity index is 850. The van der Waals surface area contributed by atoms with Crippen LogP contribution in [-0.4, -0.2) is 16.5 Å². The zero-order chi connectivity index (χ0) is 18.2. The minimum absolute atomic E-state index is 0.494. The lowest BCUT2D eigenvalue weighted by atomic mass is 10.2. The second kappa shape index (κ2) is 8.87. The Balaban J connectivity index is 1.57. The molecule has 0 amide bonds. The van der Waals surface area contributed by atoms with Crippen LogP contribution in [-0.2, 0) is 6.61 Å². The molecule has 0 fully saturated rings. The fourth-order valence-corrected chi connectivity index (χ4v) is 2.35. The first kappa shape index (κ1) is 17.8. The summed E-state index contributed by atoms with van der Waals surface area (Å²) in [6.07, 6.45) is 3.29. The fourth-order valence-electron chi connectivity index (χ4n) is 2.23. The average molecular weight is 367 g/mol. The number of halogens is 1. The van der Waals surface area contributed by atoms with Crippen molar-refractivity contribution >= 4 is 28.9 Å². The molecular weight excluding hydrogens is 348 g/mol. The van der Waals surface area contributed by atoms with Crippen molar-refractivity contribution in [1.82, 2.24) is 9.97 Å². The van der Waals surface area contributed by atoms with Crippen LogP contribution < -0.4 is 15.4 Å². The zero-order valence-corrected chi connectivity index (χ0v) is 14.9. The van der Waals surface area contributed by atoms with E-state index in [1.807, 2.05) is 54.6 Å². The van der Waals surface area contributed by atoms with Gasteiger partial charge < -0.3 is 15.4 Å². The van der Waals surface area contributed by atoms with Crippen molar-refractivity contribution in [2.45, 2.75) is 6.61 Å². The molecular formula is C20H19ClN4O. The molecule has 1 heterocycles. The highest BCUT2D eigenvalue weighted by atomic mass is 35.5. The summed E-state index contributed by atoms with van der Waals surface area (Å²) >= 11 is 5.88. The van der Waals surface area contributed by atoms with E-state index in [1.165, 1.54) is 6.33 Å². The van der Waals surface area contributed by atoms with Gasteiger partial charge in [-0.25, -0.2) is 9.97 Å². The van der Waals surface area contributed by atoms with Crippen molar-refractivity contribution in [2.24, 2.45) is 0 Å². The van der Waals surface area contributed by atoms with Gasteiger partial charge in [0.2, 0.25) is 0 Å². The van der Waals surface area contributed by atoms with Gasteiger partial charge in [0, 0.05) is 23.3 Å². The van der Waals surface area contributed by atoms with Crippen LogP contribution in [0.1, 0.15) is 5.56 Å². The van der Waals surface area contributed by atoms with Gasteiger partial charge in [-0.1, -0.05) is 29.8 Å². The first-order chi connectivity index (χ1) is 12.7. The van der Waals surface area contributed by atoms with Gasteiger partial charge in [0.05, 0.1) is 0 Å². The van der Waals surface area contributed by atoms with Crippen molar-refractivity contribution in [3.8, 4) is 5.75 Å². The van der Waals surface area contributed by atoms with Crippen LogP contribution in [0.15, 0.2) is 73.6 Å². The molecule has 0 aliphatic heterocycles. The molecule has 132 valence electrons. The summed E-state index contributed by atoms with van der Waals surface area (Å²) in [6.45, 7) is 4.82. The number of hydrogen-bond acceptors (Lipinski definition) is 5. The van der Waals surface area contributed by atoms with E-state index in [9.17, 15) is 0 Å². The quantitative estimate of drug-likeness (QED) is 0.546. The minimum atomic E-state index is 0.494. The summed E-state index contributed by atoms with van der Waals surface area (Å²) in [4.78, 5) is 8.37. The Morgan fingerprint density at radius 2 is 1.73 bits per heavy atom. The Kier molecular flexibility index (Phi) is 6.06. The normalized spacial score (nSPS) is 10.2. The molecule has 2 aromatic carbocycles. The highest BCUT2D eigenvalue weighted by Crippen LogP contribution is 2.21. The van der Waals surface area contributed by atoms with E-state index in [4.69, 9.17) is 16.3 Å². The van der Waals surface area contributed by atoms with Crippen molar-refractivity contribution in [3.05, 3.63) is 84.2 Å². The first-order valence-electron chi connectivity index (χ1n) is 8.14. The lowest BCUT2D eigenvalue weighted by Crippen LogP contribution is -2.02. The maximum Gasteiger partial charge on any atom is 0.135 e. The summed E-state index contributed by atoms with van der Waals surface area (Å²) in [7, 11) is 0. The van der Waals surface area contributed by atoms with E-state index >= 15 is 0 Å². The Hall–Kier alpha value is -3.05. The fraction of sp³-hybridized carbons (Fsp3) is 0.100. The lowest BCUT2D eigenvalue weighted by molar-refractivity contribution is 0.306. The molecule has 1 aromatic heterocycles. The molecule has 0 unspecified atom stereocenters. The van der Waals surface area contributed by atoms with Crippen LogP contribution in [0.4, 0.5) is 17.3 Å².